The van der Waals surface area contributed by atoms with Crippen molar-refractivity contribution in [2.45, 2.75) is 46.2 Å². The molecule has 3 nitrogen and oxygen atoms in total. The van der Waals surface area contributed by atoms with E-state index in [1.807, 2.05) is 12.5 Å². The van der Waals surface area contributed by atoms with Crippen LogP contribution in [0.1, 0.15) is 39.3 Å². The molecular weight excluding hydrogens is 174 g/mol. The molecule has 1 aromatic heterocycles. The molecule has 0 spiro atoms. The van der Waals surface area contributed by atoms with Gasteiger partial charge in [-0.05, 0) is 11.8 Å². The fourth-order valence-corrected chi connectivity index (χ4v) is 1.40. The summed E-state index contributed by atoms with van der Waals surface area (Å²) >= 11 is 0. The predicted molar refractivity (Wildman–Crippen MR) is 59.1 cm³/mol. The fourth-order valence-electron chi connectivity index (χ4n) is 1.40. The summed E-state index contributed by atoms with van der Waals surface area (Å²) in [4.78, 5) is 4.16. The summed E-state index contributed by atoms with van der Waals surface area (Å²) in [6, 6.07) is 0.210. The minimum Gasteiger partial charge on any atom is -0.333 e. The van der Waals surface area contributed by atoms with Crippen LogP contribution in [0.4, 0.5) is 0 Å². The molecule has 0 radical (unpaired) electrons. The lowest BCUT2D eigenvalue weighted by molar-refractivity contribution is 0.425. The van der Waals surface area contributed by atoms with Gasteiger partial charge in [-0.2, -0.15) is 0 Å². The van der Waals surface area contributed by atoms with Gasteiger partial charge in [-0.1, -0.05) is 27.7 Å². The topological polar surface area (TPSA) is 43.8 Å². The summed E-state index contributed by atoms with van der Waals surface area (Å²) in [6.07, 6.45) is 3.80. The number of imidazole rings is 1. The molecule has 0 aromatic carbocycles. The summed E-state index contributed by atoms with van der Waals surface area (Å²) < 4.78 is 2.16. The van der Waals surface area contributed by atoms with Gasteiger partial charge in [-0.15, -0.1) is 0 Å². The summed E-state index contributed by atoms with van der Waals surface area (Å²) in [7, 11) is 0. The highest BCUT2D eigenvalue weighted by atomic mass is 15.1. The Kier molecular flexibility index (Phi) is 3.69. The smallest absolute Gasteiger partial charge is 0.0948 e. The Balaban J connectivity index is 2.71. The average Bonchev–Trinajstić information content (AvgIpc) is 2.52. The summed E-state index contributed by atoms with van der Waals surface area (Å²) in [6.45, 7) is 9.52. The highest BCUT2D eigenvalue weighted by Gasteiger charge is 2.12. The van der Waals surface area contributed by atoms with Crippen molar-refractivity contribution in [1.29, 1.82) is 0 Å². The first-order chi connectivity index (χ1) is 6.52. The van der Waals surface area contributed by atoms with Gasteiger partial charge in [-0.25, -0.2) is 4.98 Å². The van der Waals surface area contributed by atoms with Crippen LogP contribution in [-0.2, 0) is 6.54 Å². The standard InChI is InChI=1S/C11H21N3/c1-8(2)10(12)6-14-7-13-5-11(14)9(3)4/h5,7-10H,6,12H2,1-4H3. The van der Waals surface area contributed by atoms with Crippen LogP contribution in [0.15, 0.2) is 12.5 Å². The van der Waals surface area contributed by atoms with Crippen LogP contribution in [0.2, 0.25) is 0 Å². The van der Waals surface area contributed by atoms with E-state index in [1.165, 1.54) is 5.69 Å². The first-order valence-corrected chi connectivity index (χ1v) is 5.28. The van der Waals surface area contributed by atoms with Gasteiger partial charge < -0.3 is 10.3 Å². The van der Waals surface area contributed by atoms with E-state index in [9.17, 15) is 0 Å². The number of aromatic nitrogens is 2. The van der Waals surface area contributed by atoms with E-state index in [0.717, 1.165) is 6.54 Å². The van der Waals surface area contributed by atoms with Crippen LogP contribution in [0, 0.1) is 5.92 Å². The van der Waals surface area contributed by atoms with Crippen LogP contribution >= 0.6 is 0 Å². The van der Waals surface area contributed by atoms with Crippen molar-refractivity contribution in [2.75, 3.05) is 0 Å². The number of nitrogens with two attached hydrogens (primary N) is 1. The molecule has 0 saturated heterocycles. The van der Waals surface area contributed by atoms with Crippen molar-refractivity contribution in [1.82, 2.24) is 9.55 Å². The van der Waals surface area contributed by atoms with Crippen molar-refractivity contribution in [3.8, 4) is 0 Å². The second-order valence-corrected chi connectivity index (χ2v) is 4.53. The largest absolute Gasteiger partial charge is 0.333 e. The molecule has 0 aliphatic rings. The lowest BCUT2D eigenvalue weighted by atomic mass is 10.1. The van der Waals surface area contributed by atoms with Crippen LogP contribution in [0.5, 0.6) is 0 Å². The third-order valence-electron chi connectivity index (χ3n) is 2.60. The Morgan fingerprint density at radius 3 is 2.50 bits per heavy atom. The van der Waals surface area contributed by atoms with Crippen molar-refractivity contribution in [3.05, 3.63) is 18.2 Å². The maximum atomic E-state index is 6.03. The van der Waals surface area contributed by atoms with Crippen LogP contribution in [0.3, 0.4) is 0 Å². The Labute approximate surface area is 86.3 Å². The van der Waals surface area contributed by atoms with Gasteiger partial charge >= 0.3 is 0 Å². The molecule has 14 heavy (non-hydrogen) atoms. The zero-order valence-corrected chi connectivity index (χ0v) is 9.57. The molecule has 0 amide bonds. The van der Waals surface area contributed by atoms with E-state index in [4.69, 9.17) is 5.73 Å². The zero-order chi connectivity index (χ0) is 10.7. The molecule has 1 atom stereocenters. The van der Waals surface area contributed by atoms with Crippen molar-refractivity contribution in [2.24, 2.45) is 11.7 Å². The number of hydrogen-bond acceptors (Lipinski definition) is 2. The number of rotatable bonds is 4. The molecule has 1 unspecified atom stereocenters. The molecule has 3 heteroatoms. The average molecular weight is 195 g/mol. The number of hydrogen-bond donors (Lipinski definition) is 1. The van der Waals surface area contributed by atoms with Gasteiger partial charge in [0.2, 0.25) is 0 Å². The van der Waals surface area contributed by atoms with Gasteiger partial charge in [-0.3, -0.25) is 0 Å². The minimum atomic E-state index is 0.210. The molecular formula is C11H21N3. The Bertz CT molecular complexity index is 276. The predicted octanol–water partition coefficient (Wildman–Crippen LogP) is 1.99. The van der Waals surface area contributed by atoms with E-state index < -0.39 is 0 Å². The van der Waals surface area contributed by atoms with Crippen molar-refractivity contribution in [3.63, 3.8) is 0 Å². The molecule has 2 N–H and O–H groups in total. The third kappa shape index (κ3) is 2.58. The minimum absolute atomic E-state index is 0.210. The SMILES string of the molecule is CC(C)c1cncn1CC(N)C(C)C. The monoisotopic (exact) mass is 195 g/mol. The quantitative estimate of drug-likeness (QED) is 0.798. The van der Waals surface area contributed by atoms with Gasteiger partial charge in [0.05, 0.1) is 6.33 Å². The molecule has 0 bridgehead atoms. The molecule has 1 rings (SSSR count). The van der Waals surface area contributed by atoms with E-state index in [1.54, 1.807) is 0 Å². The van der Waals surface area contributed by atoms with Gasteiger partial charge in [0.15, 0.2) is 0 Å². The normalized spacial score (nSPS) is 13.9. The Morgan fingerprint density at radius 2 is 2.00 bits per heavy atom. The lowest BCUT2D eigenvalue weighted by Crippen LogP contribution is -2.31. The lowest BCUT2D eigenvalue weighted by Gasteiger charge is -2.18. The summed E-state index contributed by atoms with van der Waals surface area (Å²) in [5, 5.41) is 0. The van der Waals surface area contributed by atoms with Gasteiger partial charge in [0.1, 0.15) is 0 Å². The molecule has 0 fully saturated rings. The van der Waals surface area contributed by atoms with Crippen LogP contribution in [-0.4, -0.2) is 15.6 Å². The third-order valence-corrected chi connectivity index (χ3v) is 2.60. The highest BCUT2D eigenvalue weighted by Crippen LogP contribution is 2.14. The molecule has 0 aliphatic carbocycles. The molecule has 1 aromatic rings. The van der Waals surface area contributed by atoms with Crippen molar-refractivity contribution < 1.29 is 0 Å². The van der Waals surface area contributed by atoms with Crippen LogP contribution in [0.25, 0.3) is 0 Å². The highest BCUT2D eigenvalue weighted by molar-refractivity contribution is 5.04. The van der Waals surface area contributed by atoms with E-state index >= 15 is 0 Å². The van der Waals surface area contributed by atoms with Gasteiger partial charge in [0.25, 0.3) is 0 Å². The van der Waals surface area contributed by atoms with E-state index in [2.05, 4.69) is 37.2 Å². The first kappa shape index (κ1) is 11.2. The zero-order valence-electron chi connectivity index (χ0n) is 9.57. The summed E-state index contributed by atoms with van der Waals surface area (Å²) in [5.74, 6) is 1.02. The maximum Gasteiger partial charge on any atom is 0.0948 e. The molecule has 0 saturated carbocycles. The van der Waals surface area contributed by atoms with E-state index in [-0.39, 0.29) is 6.04 Å². The molecule has 0 aliphatic heterocycles. The molecule has 1 heterocycles. The van der Waals surface area contributed by atoms with Gasteiger partial charge in [0, 0.05) is 24.5 Å². The summed E-state index contributed by atoms with van der Waals surface area (Å²) in [5.41, 5.74) is 7.29. The number of nitrogens with zero attached hydrogens (tertiary/aromatic N) is 2. The Hall–Kier alpha value is -0.830. The molecule has 80 valence electrons. The maximum absolute atomic E-state index is 6.03. The first-order valence-electron chi connectivity index (χ1n) is 5.28. The van der Waals surface area contributed by atoms with Crippen LogP contribution < -0.4 is 5.73 Å². The Morgan fingerprint density at radius 1 is 1.36 bits per heavy atom. The fraction of sp³-hybridized carbons (Fsp3) is 0.727. The second-order valence-electron chi connectivity index (χ2n) is 4.53. The van der Waals surface area contributed by atoms with Crippen molar-refractivity contribution >= 4 is 0 Å². The second kappa shape index (κ2) is 4.60. The van der Waals surface area contributed by atoms with E-state index in [0.29, 0.717) is 11.8 Å².